The molecule has 2 aliphatic carbocycles. The monoisotopic (exact) mass is 166 g/mol. The largest absolute Gasteiger partial charge is 0.303 e. The Morgan fingerprint density at radius 3 is 1.83 bits per heavy atom. The Morgan fingerprint density at radius 2 is 1.42 bits per heavy atom. The first-order valence-corrected chi connectivity index (χ1v) is 4.77. The van der Waals surface area contributed by atoms with Crippen LogP contribution in [0.1, 0.15) is 25.7 Å². The van der Waals surface area contributed by atoms with Gasteiger partial charge in [0.25, 0.3) is 0 Å². The molecule has 0 spiro atoms. The van der Waals surface area contributed by atoms with E-state index in [9.17, 15) is 9.59 Å². The van der Waals surface area contributed by atoms with E-state index in [1.54, 1.807) is 0 Å². The van der Waals surface area contributed by atoms with Gasteiger partial charge in [0.05, 0.1) is 0 Å². The zero-order chi connectivity index (χ0) is 8.55. The van der Waals surface area contributed by atoms with Crippen LogP contribution in [0.15, 0.2) is 0 Å². The highest BCUT2D eigenvalue weighted by Crippen LogP contribution is 2.49. The lowest BCUT2D eigenvalue weighted by Gasteiger charge is -2.12. The zero-order valence-corrected chi connectivity index (χ0v) is 7.11. The smallest absolute Gasteiger partial charge is 0.123 e. The van der Waals surface area contributed by atoms with Crippen LogP contribution >= 0.6 is 0 Å². The van der Waals surface area contributed by atoms with Crippen molar-refractivity contribution >= 4 is 12.6 Å². The highest BCUT2D eigenvalue weighted by Gasteiger charge is 2.45. The summed E-state index contributed by atoms with van der Waals surface area (Å²) in [5.74, 6) is 1.45. The van der Waals surface area contributed by atoms with Gasteiger partial charge >= 0.3 is 0 Å². The quantitative estimate of drug-likeness (QED) is 0.582. The molecule has 2 heteroatoms. The van der Waals surface area contributed by atoms with E-state index in [0.29, 0.717) is 11.8 Å². The second-order valence-electron chi connectivity index (χ2n) is 4.09. The molecule has 0 amide bonds. The molecule has 0 saturated heterocycles. The molecule has 66 valence electrons. The molecule has 12 heavy (non-hydrogen) atoms. The molecule has 0 N–H and O–H groups in total. The molecule has 2 nitrogen and oxygen atoms in total. The van der Waals surface area contributed by atoms with Gasteiger partial charge in [-0.05, 0) is 31.1 Å². The lowest BCUT2D eigenvalue weighted by Crippen LogP contribution is -2.11. The highest BCUT2D eigenvalue weighted by atomic mass is 16.1. The second kappa shape index (κ2) is 3.00. The molecule has 2 saturated carbocycles. The summed E-state index contributed by atoms with van der Waals surface area (Å²) >= 11 is 0. The fraction of sp³-hybridized carbons (Fsp3) is 0.800. The van der Waals surface area contributed by atoms with Gasteiger partial charge in [0.15, 0.2) is 0 Å². The number of rotatable bonds is 2. The third-order valence-corrected chi connectivity index (χ3v) is 3.62. The SMILES string of the molecule is O=CC1CC(C=O)[C@@H]2CCC[C@H]12. The minimum atomic E-state index is 0.188. The van der Waals surface area contributed by atoms with E-state index < -0.39 is 0 Å². The predicted octanol–water partition coefficient (Wildman–Crippen LogP) is 1.44. The normalized spacial score (nSPS) is 45.7. The first-order chi connectivity index (χ1) is 5.86. The maximum Gasteiger partial charge on any atom is 0.123 e. The van der Waals surface area contributed by atoms with Gasteiger partial charge in [-0.3, -0.25) is 0 Å². The summed E-state index contributed by atoms with van der Waals surface area (Å²) in [5, 5.41) is 0. The van der Waals surface area contributed by atoms with E-state index in [2.05, 4.69) is 0 Å². The van der Waals surface area contributed by atoms with E-state index in [-0.39, 0.29) is 11.8 Å². The van der Waals surface area contributed by atoms with Gasteiger partial charge in [0.2, 0.25) is 0 Å². The molecule has 2 unspecified atom stereocenters. The van der Waals surface area contributed by atoms with Crippen LogP contribution in [-0.4, -0.2) is 12.6 Å². The van der Waals surface area contributed by atoms with Crippen molar-refractivity contribution in [3.05, 3.63) is 0 Å². The van der Waals surface area contributed by atoms with E-state index >= 15 is 0 Å². The molecule has 0 aromatic rings. The molecule has 0 aliphatic heterocycles. The van der Waals surface area contributed by atoms with Gasteiger partial charge in [-0.2, -0.15) is 0 Å². The van der Waals surface area contributed by atoms with Crippen molar-refractivity contribution in [3.8, 4) is 0 Å². The Balaban J connectivity index is 2.15. The van der Waals surface area contributed by atoms with Crippen molar-refractivity contribution in [2.24, 2.45) is 23.7 Å². The summed E-state index contributed by atoms with van der Waals surface area (Å²) in [4.78, 5) is 21.4. The highest BCUT2D eigenvalue weighted by molar-refractivity contribution is 5.61. The van der Waals surface area contributed by atoms with Crippen molar-refractivity contribution in [2.45, 2.75) is 25.7 Å². The van der Waals surface area contributed by atoms with Gasteiger partial charge in [-0.1, -0.05) is 6.42 Å². The Labute approximate surface area is 72.3 Å². The van der Waals surface area contributed by atoms with Crippen LogP contribution in [0, 0.1) is 23.7 Å². The Kier molecular flexibility index (Phi) is 1.99. The third kappa shape index (κ3) is 1.01. The number of hydrogen-bond donors (Lipinski definition) is 0. The summed E-state index contributed by atoms with van der Waals surface area (Å²) in [6.07, 6.45) is 6.49. The van der Waals surface area contributed by atoms with E-state index in [0.717, 1.165) is 19.0 Å². The van der Waals surface area contributed by atoms with Crippen LogP contribution < -0.4 is 0 Å². The fourth-order valence-corrected chi connectivity index (χ4v) is 3.06. The summed E-state index contributed by atoms with van der Waals surface area (Å²) in [6, 6.07) is 0. The molecular weight excluding hydrogens is 152 g/mol. The van der Waals surface area contributed by atoms with Crippen molar-refractivity contribution in [3.63, 3.8) is 0 Å². The Bertz CT molecular complexity index is 180. The molecule has 4 atom stereocenters. The maximum atomic E-state index is 10.7. The van der Waals surface area contributed by atoms with Crippen molar-refractivity contribution in [2.75, 3.05) is 0 Å². The van der Waals surface area contributed by atoms with E-state index in [1.165, 1.54) is 19.3 Å². The minimum Gasteiger partial charge on any atom is -0.303 e. The van der Waals surface area contributed by atoms with Crippen LogP contribution in [0.2, 0.25) is 0 Å². The summed E-state index contributed by atoms with van der Waals surface area (Å²) < 4.78 is 0. The first kappa shape index (κ1) is 7.96. The topological polar surface area (TPSA) is 34.1 Å². The minimum absolute atomic E-state index is 0.188. The van der Waals surface area contributed by atoms with Gasteiger partial charge in [0, 0.05) is 11.8 Å². The molecular formula is C10H14O2. The van der Waals surface area contributed by atoms with Crippen LogP contribution in [0.4, 0.5) is 0 Å². The molecule has 0 aromatic heterocycles. The van der Waals surface area contributed by atoms with Crippen LogP contribution in [-0.2, 0) is 9.59 Å². The fourth-order valence-electron chi connectivity index (χ4n) is 3.06. The molecule has 0 radical (unpaired) electrons. The lowest BCUT2D eigenvalue weighted by molar-refractivity contribution is -0.112. The van der Waals surface area contributed by atoms with Crippen LogP contribution in [0.5, 0.6) is 0 Å². The van der Waals surface area contributed by atoms with Crippen molar-refractivity contribution in [1.29, 1.82) is 0 Å². The van der Waals surface area contributed by atoms with E-state index in [1.807, 2.05) is 0 Å². The number of carbonyl (C=O) groups excluding carboxylic acids is 2. The Morgan fingerprint density at radius 1 is 0.917 bits per heavy atom. The van der Waals surface area contributed by atoms with Crippen molar-refractivity contribution in [1.82, 2.24) is 0 Å². The zero-order valence-electron chi connectivity index (χ0n) is 7.11. The molecule has 0 bridgehead atoms. The summed E-state index contributed by atoms with van der Waals surface area (Å²) in [7, 11) is 0. The molecule has 0 heterocycles. The third-order valence-electron chi connectivity index (χ3n) is 3.62. The summed E-state index contributed by atoms with van der Waals surface area (Å²) in [5.41, 5.74) is 0. The molecule has 2 fully saturated rings. The van der Waals surface area contributed by atoms with Crippen LogP contribution in [0.25, 0.3) is 0 Å². The maximum absolute atomic E-state index is 10.7. The number of carbonyl (C=O) groups is 2. The van der Waals surface area contributed by atoms with Gasteiger partial charge in [-0.25, -0.2) is 0 Å². The molecule has 0 aromatic carbocycles. The number of hydrogen-bond acceptors (Lipinski definition) is 2. The van der Waals surface area contributed by atoms with Crippen molar-refractivity contribution < 1.29 is 9.59 Å². The summed E-state index contributed by atoms with van der Waals surface area (Å²) in [6.45, 7) is 0. The van der Waals surface area contributed by atoms with Gasteiger partial charge < -0.3 is 9.59 Å². The molecule has 2 rings (SSSR count). The van der Waals surface area contributed by atoms with E-state index in [4.69, 9.17) is 0 Å². The second-order valence-corrected chi connectivity index (χ2v) is 4.09. The molecule has 2 aliphatic rings. The first-order valence-electron chi connectivity index (χ1n) is 4.77. The number of fused-ring (bicyclic) bond motifs is 1. The van der Waals surface area contributed by atoms with Crippen LogP contribution in [0.3, 0.4) is 0 Å². The number of aldehydes is 2. The van der Waals surface area contributed by atoms with Gasteiger partial charge in [0.1, 0.15) is 12.6 Å². The average Bonchev–Trinajstić information content (AvgIpc) is 2.63. The standard InChI is InChI=1S/C10H14O2/c11-5-7-4-8(6-12)10-3-1-2-9(7)10/h5-10H,1-4H2/t7?,8?,9-,10+. The average molecular weight is 166 g/mol. The Hall–Kier alpha value is -0.660. The van der Waals surface area contributed by atoms with Gasteiger partial charge in [-0.15, -0.1) is 0 Å². The lowest BCUT2D eigenvalue weighted by atomic mass is 9.91. The predicted molar refractivity (Wildman–Crippen MR) is 44.6 cm³/mol.